The number of nitrogens with zero attached hydrogens (tertiary/aromatic N) is 1. The van der Waals surface area contributed by atoms with Gasteiger partial charge in [-0.1, -0.05) is 54.6 Å². The molecule has 0 amide bonds. The van der Waals surface area contributed by atoms with Gasteiger partial charge in [-0.2, -0.15) is 0 Å². The van der Waals surface area contributed by atoms with Crippen molar-refractivity contribution in [1.29, 1.82) is 0 Å². The Morgan fingerprint density at radius 2 is 1.70 bits per heavy atom. The molecule has 0 heterocycles. The van der Waals surface area contributed by atoms with E-state index in [0.717, 1.165) is 21.2 Å². The first kappa shape index (κ1) is 15.3. The highest BCUT2D eigenvalue weighted by Gasteiger charge is 2.18. The fourth-order valence-corrected chi connectivity index (χ4v) is 3.22. The first-order chi connectivity index (χ1) is 11.2. The van der Waals surface area contributed by atoms with Gasteiger partial charge >= 0.3 is 0 Å². The van der Waals surface area contributed by atoms with Crippen LogP contribution in [-0.2, 0) is 0 Å². The molecule has 0 aliphatic carbocycles. The monoisotopic (exact) mass is 321 g/mol. The van der Waals surface area contributed by atoms with Crippen LogP contribution in [0.4, 0.5) is 0 Å². The summed E-state index contributed by atoms with van der Waals surface area (Å²) in [6.45, 7) is 0. The van der Waals surface area contributed by atoms with Gasteiger partial charge in [0.05, 0.1) is 10.5 Å². The van der Waals surface area contributed by atoms with Crippen LogP contribution in [0.2, 0.25) is 0 Å². The summed E-state index contributed by atoms with van der Waals surface area (Å²) in [6, 6.07) is 21.2. The summed E-state index contributed by atoms with van der Waals surface area (Å²) < 4.78 is 0. The number of fused-ring (bicyclic) bond motifs is 1. The van der Waals surface area contributed by atoms with Crippen LogP contribution in [0.25, 0.3) is 22.5 Å². The molecule has 0 aromatic heterocycles. The molecule has 0 saturated carbocycles. The van der Waals surface area contributed by atoms with E-state index in [4.69, 9.17) is 0 Å². The Bertz CT molecular complexity index is 897. The Balaban J connectivity index is 2.22. The Morgan fingerprint density at radius 3 is 2.48 bits per heavy atom. The van der Waals surface area contributed by atoms with E-state index in [0.29, 0.717) is 5.56 Å². The molecule has 0 unspecified atom stereocenters. The van der Waals surface area contributed by atoms with E-state index >= 15 is 0 Å². The summed E-state index contributed by atoms with van der Waals surface area (Å²) in [5, 5.41) is 13.7. The zero-order valence-electron chi connectivity index (χ0n) is 12.6. The SMILES string of the molecule is CSc1ccccc1/C(=C\c1cccc2ccccc12)[N+](=O)[O-]. The Labute approximate surface area is 138 Å². The van der Waals surface area contributed by atoms with Crippen molar-refractivity contribution < 1.29 is 4.92 Å². The van der Waals surface area contributed by atoms with E-state index in [2.05, 4.69) is 0 Å². The van der Waals surface area contributed by atoms with E-state index < -0.39 is 0 Å². The fraction of sp³-hybridized carbons (Fsp3) is 0.0526. The summed E-state index contributed by atoms with van der Waals surface area (Å²) in [5.74, 6) is 0. The third kappa shape index (κ3) is 3.12. The van der Waals surface area contributed by atoms with Gasteiger partial charge in [-0.15, -0.1) is 11.8 Å². The molecule has 0 spiro atoms. The van der Waals surface area contributed by atoms with E-state index in [9.17, 15) is 10.1 Å². The van der Waals surface area contributed by atoms with Crippen molar-refractivity contribution >= 4 is 34.3 Å². The minimum absolute atomic E-state index is 0.117. The number of thioether (sulfide) groups is 1. The van der Waals surface area contributed by atoms with Crippen molar-refractivity contribution in [3.63, 3.8) is 0 Å². The van der Waals surface area contributed by atoms with E-state index in [1.807, 2.05) is 66.9 Å². The minimum Gasteiger partial charge on any atom is -0.258 e. The van der Waals surface area contributed by atoms with Crippen LogP contribution in [0, 0.1) is 10.1 Å². The smallest absolute Gasteiger partial charge is 0.258 e. The number of hydrogen-bond acceptors (Lipinski definition) is 3. The van der Waals surface area contributed by atoms with Crippen LogP contribution < -0.4 is 0 Å². The highest BCUT2D eigenvalue weighted by molar-refractivity contribution is 7.98. The molecule has 3 nitrogen and oxygen atoms in total. The van der Waals surface area contributed by atoms with Gasteiger partial charge in [0.1, 0.15) is 0 Å². The molecule has 4 heteroatoms. The van der Waals surface area contributed by atoms with Crippen molar-refractivity contribution in [2.24, 2.45) is 0 Å². The zero-order chi connectivity index (χ0) is 16.2. The molecule has 0 radical (unpaired) electrons. The maximum atomic E-state index is 11.6. The molecule has 3 aromatic rings. The lowest BCUT2D eigenvalue weighted by molar-refractivity contribution is -0.374. The Hall–Kier alpha value is -2.59. The van der Waals surface area contributed by atoms with Gasteiger partial charge in [0, 0.05) is 11.0 Å². The van der Waals surface area contributed by atoms with E-state index in [1.165, 1.54) is 11.8 Å². The summed E-state index contributed by atoms with van der Waals surface area (Å²) >= 11 is 1.51. The Kier molecular flexibility index (Phi) is 4.44. The molecular formula is C19H15NO2S. The number of rotatable bonds is 4. The minimum atomic E-state index is -0.309. The molecule has 0 aliphatic heterocycles. The summed E-state index contributed by atoms with van der Waals surface area (Å²) in [7, 11) is 0. The fourth-order valence-electron chi connectivity index (χ4n) is 2.61. The van der Waals surface area contributed by atoms with Crippen LogP contribution in [-0.4, -0.2) is 11.2 Å². The molecule has 0 aliphatic rings. The summed E-state index contributed by atoms with van der Waals surface area (Å²) in [6.07, 6.45) is 3.59. The molecule has 3 aromatic carbocycles. The highest BCUT2D eigenvalue weighted by atomic mass is 32.2. The normalized spacial score (nSPS) is 11.6. The van der Waals surface area contributed by atoms with Crippen LogP contribution in [0.1, 0.15) is 11.1 Å². The average Bonchev–Trinajstić information content (AvgIpc) is 2.59. The van der Waals surface area contributed by atoms with Gasteiger partial charge in [0.15, 0.2) is 0 Å². The molecule has 0 saturated heterocycles. The number of benzene rings is 3. The predicted molar refractivity (Wildman–Crippen MR) is 97.0 cm³/mol. The van der Waals surface area contributed by atoms with E-state index in [-0.39, 0.29) is 10.6 Å². The standard InChI is InChI=1S/C19H15NO2S/c1-23-19-12-5-4-11-17(19)18(20(21)22)13-15-9-6-8-14-7-2-3-10-16(14)15/h2-13H,1H3/b18-13+. The maximum absolute atomic E-state index is 11.6. The van der Waals surface area contributed by atoms with Crippen LogP contribution in [0.3, 0.4) is 0 Å². The van der Waals surface area contributed by atoms with Crippen molar-refractivity contribution in [3.05, 3.63) is 88.0 Å². The molecular weight excluding hydrogens is 306 g/mol. The van der Waals surface area contributed by atoms with Crippen LogP contribution in [0.15, 0.2) is 71.6 Å². The lowest BCUT2D eigenvalue weighted by Crippen LogP contribution is -1.99. The van der Waals surface area contributed by atoms with Gasteiger partial charge in [-0.3, -0.25) is 10.1 Å². The first-order valence-corrected chi connectivity index (χ1v) is 8.40. The second-order valence-corrected chi connectivity index (χ2v) is 5.90. The lowest BCUT2D eigenvalue weighted by Gasteiger charge is -2.06. The van der Waals surface area contributed by atoms with Crippen LogP contribution in [0.5, 0.6) is 0 Å². The zero-order valence-corrected chi connectivity index (χ0v) is 13.4. The molecule has 3 rings (SSSR count). The largest absolute Gasteiger partial charge is 0.278 e. The molecule has 0 atom stereocenters. The van der Waals surface area contributed by atoms with E-state index in [1.54, 1.807) is 12.1 Å². The molecule has 0 bridgehead atoms. The Morgan fingerprint density at radius 1 is 1.00 bits per heavy atom. The van der Waals surface area contributed by atoms with Gasteiger partial charge in [0.25, 0.3) is 5.70 Å². The summed E-state index contributed by atoms with van der Waals surface area (Å²) in [5.41, 5.74) is 1.62. The van der Waals surface area contributed by atoms with Crippen LogP contribution >= 0.6 is 11.8 Å². The predicted octanol–water partition coefficient (Wildman–Crippen LogP) is 5.34. The third-order valence-corrected chi connectivity index (χ3v) is 4.49. The van der Waals surface area contributed by atoms with Crippen molar-refractivity contribution in [3.8, 4) is 0 Å². The highest BCUT2D eigenvalue weighted by Crippen LogP contribution is 2.30. The average molecular weight is 321 g/mol. The van der Waals surface area contributed by atoms with Crippen molar-refractivity contribution in [2.75, 3.05) is 6.26 Å². The molecule has 0 fully saturated rings. The van der Waals surface area contributed by atoms with Gasteiger partial charge in [-0.05, 0) is 34.7 Å². The second-order valence-electron chi connectivity index (χ2n) is 5.06. The second kappa shape index (κ2) is 6.67. The first-order valence-electron chi connectivity index (χ1n) is 7.18. The lowest BCUT2D eigenvalue weighted by atomic mass is 10.0. The molecule has 0 N–H and O–H groups in total. The topological polar surface area (TPSA) is 43.1 Å². The summed E-state index contributed by atoms with van der Waals surface area (Å²) in [4.78, 5) is 12.2. The molecule has 23 heavy (non-hydrogen) atoms. The van der Waals surface area contributed by atoms with Crippen molar-refractivity contribution in [1.82, 2.24) is 0 Å². The third-order valence-electron chi connectivity index (χ3n) is 3.70. The van der Waals surface area contributed by atoms with Crippen molar-refractivity contribution in [2.45, 2.75) is 4.90 Å². The van der Waals surface area contributed by atoms with Gasteiger partial charge in [-0.25, -0.2) is 0 Å². The molecule has 114 valence electrons. The van der Waals surface area contributed by atoms with Gasteiger partial charge in [0.2, 0.25) is 0 Å². The number of hydrogen-bond donors (Lipinski definition) is 0. The quantitative estimate of drug-likeness (QED) is 0.282. The number of nitro groups is 1. The van der Waals surface area contributed by atoms with Gasteiger partial charge < -0.3 is 0 Å². The maximum Gasteiger partial charge on any atom is 0.278 e.